The average Bonchev–Trinajstić information content (AvgIpc) is 3.57. The Kier molecular flexibility index (Phi) is 5.27. The number of halogens is 3. The van der Waals surface area contributed by atoms with Crippen molar-refractivity contribution in [3.63, 3.8) is 0 Å². The van der Waals surface area contributed by atoms with Crippen LogP contribution in [-0.2, 0) is 16.2 Å². The predicted molar refractivity (Wildman–Crippen MR) is 132 cm³/mol. The summed E-state index contributed by atoms with van der Waals surface area (Å²) in [6, 6.07) is 11.2. The van der Waals surface area contributed by atoms with Gasteiger partial charge in [0.25, 0.3) is 11.8 Å². The van der Waals surface area contributed by atoms with E-state index in [2.05, 4.69) is 49.1 Å². The number of hydrogen-bond donors (Lipinski definition) is 0. The minimum absolute atomic E-state index is 0.163. The molecular formula is C25H19Br2ClN2O3. The fourth-order valence-electron chi connectivity index (χ4n) is 5.74. The Balaban J connectivity index is 1.19. The van der Waals surface area contributed by atoms with Gasteiger partial charge in [-0.2, -0.15) is 10.1 Å². The molecule has 0 N–H and O–H groups in total. The molecular weight excluding hydrogens is 572 g/mol. The molecule has 5 nitrogen and oxygen atoms in total. The smallest absolute Gasteiger partial charge is 0.254 e. The highest BCUT2D eigenvalue weighted by Crippen LogP contribution is 2.65. The molecule has 0 spiro atoms. The molecule has 4 aliphatic carbocycles. The maximum Gasteiger partial charge on any atom is 0.254 e. The first kappa shape index (κ1) is 21.6. The van der Waals surface area contributed by atoms with Crippen LogP contribution in [0.5, 0.6) is 5.75 Å². The van der Waals surface area contributed by atoms with Crippen molar-refractivity contribution in [2.75, 3.05) is 0 Å². The summed E-state index contributed by atoms with van der Waals surface area (Å²) < 4.78 is 7.41. The first-order valence-corrected chi connectivity index (χ1v) is 12.9. The first-order chi connectivity index (χ1) is 15.9. The molecule has 0 radical (unpaired) electrons. The Bertz CT molecular complexity index is 1190. The Morgan fingerprint density at radius 2 is 1.64 bits per heavy atom. The van der Waals surface area contributed by atoms with Crippen LogP contribution in [0.1, 0.15) is 17.5 Å². The fourth-order valence-corrected chi connectivity index (χ4v) is 7.38. The topological polar surface area (TPSA) is 59.0 Å². The number of rotatable bonds is 5. The van der Waals surface area contributed by atoms with Crippen LogP contribution in [0.3, 0.4) is 0 Å². The summed E-state index contributed by atoms with van der Waals surface area (Å²) in [5, 5.41) is 6.06. The summed E-state index contributed by atoms with van der Waals surface area (Å²) in [5.41, 5.74) is 1.62. The highest BCUT2D eigenvalue weighted by Gasteiger charge is 2.67. The number of carbonyl (C=O) groups is 2. The zero-order valence-corrected chi connectivity index (χ0v) is 21.3. The summed E-state index contributed by atoms with van der Waals surface area (Å²) >= 11 is 13.3. The van der Waals surface area contributed by atoms with Crippen molar-refractivity contribution in [3.05, 3.63) is 73.6 Å². The zero-order chi connectivity index (χ0) is 22.9. The molecule has 1 heterocycles. The van der Waals surface area contributed by atoms with Gasteiger partial charge < -0.3 is 4.74 Å². The van der Waals surface area contributed by atoms with E-state index in [4.69, 9.17) is 16.3 Å². The number of ether oxygens (including phenoxy) is 1. The van der Waals surface area contributed by atoms with Crippen LogP contribution in [0.15, 0.2) is 62.6 Å². The zero-order valence-electron chi connectivity index (χ0n) is 17.3. The van der Waals surface area contributed by atoms with E-state index in [1.54, 1.807) is 6.21 Å². The van der Waals surface area contributed by atoms with Gasteiger partial charge in [-0.25, -0.2) is 0 Å². The van der Waals surface area contributed by atoms with E-state index < -0.39 is 0 Å². The molecule has 5 aliphatic rings. The van der Waals surface area contributed by atoms with Gasteiger partial charge in [0.15, 0.2) is 0 Å². The standard InChI is InChI=1S/C25H19Br2ClN2O3/c26-18-7-12(8-19(27)23(18)33-11-13-3-1-2-4-20(13)28)10-29-30-24(31)21-14-5-6-15(17-9-16(14)17)22(21)25(30)32/h1-8,10,14-17,21-22H,9,11H2/b29-10-/t14-,15-,16-,17-,21+,22+/m0/s1. The number of imide groups is 1. The second-order valence-electron chi connectivity index (χ2n) is 9.08. The molecule has 2 aromatic rings. The third kappa shape index (κ3) is 3.51. The van der Waals surface area contributed by atoms with Crippen molar-refractivity contribution < 1.29 is 14.3 Å². The highest BCUT2D eigenvalue weighted by molar-refractivity contribution is 9.11. The molecule has 2 amide bonds. The summed E-state index contributed by atoms with van der Waals surface area (Å²) in [6.07, 6.45) is 7.02. The lowest BCUT2D eigenvalue weighted by molar-refractivity contribution is -0.140. The minimum Gasteiger partial charge on any atom is -0.486 e. The van der Waals surface area contributed by atoms with Gasteiger partial charge in [0.05, 0.1) is 27.0 Å². The van der Waals surface area contributed by atoms with Gasteiger partial charge in [-0.15, -0.1) is 0 Å². The van der Waals surface area contributed by atoms with E-state index in [9.17, 15) is 9.59 Å². The number of hydrogen-bond acceptors (Lipinski definition) is 4. The molecule has 7 rings (SSSR count). The summed E-state index contributed by atoms with van der Waals surface area (Å²) in [7, 11) is 0. The predicted octanol–water partition coefficient (Wildman–Crippen LogP) is 5.83. The van der Waals surface area contributed by atoms with Gasteiger partial charge in [-0.3, -0.25) is 9.59 Å². The number of nitrogens with zero attached hydrogens (tertiary/aromatic N) is 2. The van der Waals surface area contributed by atoms with Crippen LogP contribution in [0, 0.1) is 35.5 Å². The SMILES string of the molecule is O=C1[C@@H]2[C@H]3C=C[C@@H]([C@@H]4C[C@@H]34)[C@H]2C(=O)N1/N=C\c1cc(Br)c(OCc2ccccc2Cl)c(Br)c1. The lowest BCUT2D eigenvalue weighted by Gasteiger charge is -2.37. The molecule has 3 fully saturated rings. The van der Waals surface area contributed by atoms with E-state index in [1.807, 2.05) is 36.4 Å². The minimum atomic E-state index is -0.243. The maximum absolute atomic E-state index is 13.1. The molecule has 2 saturated carbocycles. The van der Waals surface area contributed by atoms with Gasteiger partial charge in [0.1, 0.15) is 12.4 Å². The molecule has 1 saturated heterocycles. The van der Waals surface area contributed by atoms with Crippen molar-refractivity contribution in [2.24, 2.45) is 40.6 Å². The molecule has 0 unspecified atom stereocenters. The summed E-state index contributed by atoms with van der Waals surface area (Å²) in [4.78, 5) is 26.1. The summed E-state index contributed by atoms with van der Waals surface area (Å²) in [5.74, 6) is 1.36. The van der Waals surface area contributed by atoms with Crippen LogP contribution in [0.4, 0.5) is 0 Å². The second kappa shape index (κ2) is 8.07. The van der Waals surface area contributed by atoms with Crippen molar-refractivity contribution in [1.82, 2.24) is 5.01 Å². The van der Waals surface area contributed by atoms with Crippen LogP contribution in [0.2, 0.25) is 5.02 Å². The Morgan fingerprint density at radius 1 is 1.03 bits per heavy atom. The van der Waals surface area contributed by atoms with Crippen LogP contribution < -0.4 is 4.74 Å². The van der Waals surface area contributed by atoms with Crippen molar-refractivity contribution >= 4 is 61.5 Å². The molecule has 0 aromatic heterocycles. The Morgan fingerprint density at radius 3 is 2.24 bits per heavy atom. The average molecular weight is 591 g/mol. The van der Waals surface area contributed by atoms with Crippen molar-refractivity contribution in [2.45, 2.75) is 13.0 Å². The normalized spacial score (nSPS) is 31.3. The number of allylic oxidation sites excluding steroid dienone is 2. The fraction of sp³-hybridized carbons (Fsp3) is 0.320. The lowest BCUT2D eigenvalue weighted by atomic mass is 9.63. The monoisotopic (exact) mass is 588 g/mol. The van der Waals surface area contributed by atoms with E-state index in [1.165, 1.54) is 0 Å². The third-order valence-electron chi connectivity index (χ3n) is 7.31. The second-order valence-corrected chi connectivity index (χ2v) is 11.2. The molecule has 33 heavy (non-hydrogen) atoms. The number of amides is 2. The third-order valence-corrected chi connectivity index (χ3v) is 8.86. The van der Waals surface area contributed by atoms with Crippen LogP contribution in [-0.4, -0.2) is 23.0 Å². The van der Waals surface area contributed by atoms with Gasteiger partial charge in [-0.05, 0) is 85.7 Å². The van der Waals surface area contributed by atoms with E-state index in [0.29, 0.717) is 29.2 Å². The van der Waals surface area contributed by atoms with Crippen molar-refractivity contribution in [1.29, 1.82) is 0 Å². The largest absolute Gasteiger partial charge is 0.486 e. The molecule has 2 bridgehead atoms. The quantitative estimate of drug-likeness (QED) is 0.250. The maximum atomic E-state index is 13.1. The molecule has 168 valence electrons. The molecule has 2 aromatic carbocycles. The molecule has 8 heteroatoms. The highest BCUT2D eigenvalue weighted by atomic mass is 79.9. The number of hydrazone groups is 1. The molecule has 1 aliphatic heterocycles. The summed E-state index contributed by atoms with van der Waals surface area (Å²) in [6.45, 7) is 0.322. The van der Waals surface area contributed by atoms with Gasteiger partial charge in [-0.1, -0.05) is 42.0 Å². The molecule has 6 atom stereocenters. The van der Waals surface area contributed by atoms with Gasteiger partial charge in [0.2, 0.25) is 0 Å². The van der Waals surface area contributed by atoms with E-state index >= 15 is 0 Å². The van der Waals surface area contributed by atoms with Crippen LogP contribution >= 0.6 is 43.5 Å². The van der Waals surface area contributed by atoms with Crippen LogP contribution in [0.25, 0.3) is 0 Å². The first-order valence-electron chi connectivity index (χ1n) is 10.9. The Hall–Kier alpha value is -1.96. The van der Waals surface area contributed by atoms with Crippen molar-refractivity contribution in [3.8, 4) is 5.75 Å². The lowest BCUT2D eigenvalue weighted by Crippen LogP contribution is -2.40. The van der Waals surface area contributed by atoms with Gasteiger partial charge in [0, 0.05) is 10.6 Å². The number of benzene rings is 2. The Labute approximate surface area is 213 Å². The number of carbonyl (C=O) groups excluding carboxylic acids is 2. The van der Waals surface area contributed by atoms with E-state index in [0.717, 1.165) is 31.5 Å². The van der Waals surface area contributed by atoms with Gasteiger partial charge >= 0.3 is 0 Å². The van der Waals surface area contributed by atoms with E-state index in [-0.39, 0.29) is 35.5 Å².